The first-order valence-electron chi connectivity index (χ1n) is 8.51. The molecule has 1 fully saturated rings. The molecule has 1 aromatic heterocycles. The van der Waals surface area contributed by atoms with Crippen molar-refractivity contribution < 1.29 is 9.21 Å². The molecule has 0 atom stereocenters. The third kappa shape index (κ3) is 3.38. The van der Waals surface area contributed by atoms with Gasteiger partial charge in [0.15, 0.2) is 4.32 Å². The first-order valence-corrected chi connectivity index (χ1v) is 9.73. The van der Waals surface area contributed by atoms with Crippen LogP contribution in [0.4, 0.5) is 5.69 Å². The number of furan rings is 1. The average molecular weight is 403 g/mol. The molecule has 28 heavy (non-hydrogen) atoms. The van der Waals surface area contributed by atoms with Gasteiger partial charge in [0.05, 0.1) is 22.2 Å². The Labute approximate surface area is 172 Å². The van der Waals surface area contributed by atoms with Crippen molar-refractivity contribution in [1.29, 1.82) is 5.26 Å². The Hall–Kier alpha value is -3.14. The lowest BCUT2D eigenvalue weighted by molar-refractivity contribution is -0.113. The molecule has 0 radical (unpaired) electrons. The smallest absolute Gasteiger partial charge is 0.270 e. The van der Waals surface area contributed by atoms with Crippen LogP contribution in [0.3, 0.4) is 0 Å². The van der Waals surface area contributed by atoms with Gasteiger partial charge in [0.2, 0.25) is 0 Å². The van der Waals surface area contributed by atoms with Crippen LogP contribution in [0.15, 0.2) is 70.0 Å². The van der Waals surface area contributed by atoms with Gasteiger partial charge < -0.3 is 4.42 Å². The molecule has 6 heteroatoms. The van der Waals surface area contributed by atoms with E-state index in [4.69, 9.17) is 16.6 Å². The van der Waals surface area contributed by atoms with Crippen LogP contribution in [0.25, 0.3) is 17.4 Å². The lowest BCUT2D eigenvalue weighted by atomic mass is 10.1. The maximum absolute atomic E-state index is 12.9. The summed E-state index contributed by atoms with van der Waals surface area (Å²) in [7, 11) is 0. The van der Waals surface area contributed by atoms with E-state index >= 15 is 0 Å². The van der Waals surface area contributed by atoms with Crippen LogP contribution in [0.2, 0.25) is 0 Å². The van der Waals surface area contributed by atoms with Gasteiger partial charge in [-0.3, -0.25) is 9.69 Å². The van der Waals surface area contributed by atoms with E-state index in [1.807, 2.05) is 49.4 Å². The molecule has 0 bridgehead atoms. The number of anilines is 1. The van der Waals surface area contributed by atoms with Crippen LogP contribution >= 0.6 is 24.0 Å². The molecule has 0 spiro atoms. The summed E-state index contributed by atoms with van der Waals surface area (Å²) < 4.78 is 6.35. The summed E-state index contributed by atoms with van der Waals surface area (Å²) in [6.07, 6.45) is 1.69. The van der Waals surface area contributed by atoms with Gasteiger partial charge in [-0.25, -0.2) is 0 Å². The van der Waals surface area contributed by atoms with E-state index in [9.17, 15) is 10.1 Å². The molecular weight excluding hydrogens is 388 g/mol. The Balaban J connectivity index is 1.64. The van der Waals surface area contributed by atoms with Crippen LogP contribution in [0, 0.1) is 18.3 Å². The second-order valence-electron chi connectivity index (χ2n) is 6.22. The van der Waals surface area contributed by atoms with Crippen molar-refractivity contribution in [2.75, 3.05) is 4.90 Å². The summed E-state index contributed by atoms with van der Waals surface area (Å²) in [5.74, 6) is 0.945. The standard InChI is InChI=1S/C22H14N2O2S2/c1-14-5-4-7-16(11-14)24-21(25)20(28-22(24)27)12-17-9-10-19(26-17)18-8-3-2-6-15(18)13-23/h2-12H,1H3/b20-12-. The van der Waals surface area contributed by atoms with Gasteiger partial charge in [0.1, 0.15) is 11.5 Å². The lowest BCUT2D eigenvalue weighted by Crippen LogP contribution is -2.27. The molecule has 2 aromatic carbocycles. The Kier molecular flexibility index (Phi) is 4.86. The van der Waals surface area contributed by atoms with Gasteiger partial charge in [-0.15, -0.1) is 0 Å². The number of nitriles is 1. The van der Waals surface area contributed by atoms with Gasteiger partial charge in [0.25, 0.3) is 5.91 Å². The number of nitrogens with zero attached hydrogens (tertiary/aromatic N) is 2. The summed E-state index contributed by atoms with van der Waals surface area (Å²) in [5.41, 5.74) is 3.07. The zero-order chi connectivity index (χ0) is 19.7. The number of amides is 1. The van der Waals surface area contributed by atoms with Gasteiger partial charge in [-0.05, 0) is 48.9 Å². The highest BCUT2D eigenvalue weighted by Gasteiger charge is 2.33. The molecule has 1 aliphatic rings. The molecular formula is C22H14N2O2S2. The summed E-state index contributed by atoms with van der Waals surface area (Å²) in [4.78, 5) is 14.9. The number of hydrogen-bond donors (Lipinski definition) is 0. The highest BCUT2D eigenvalue weighted by atomic mass is 32.2. The molecule has 0 N–H and O–H groups in total. The molecule has 0 unspecified atom stereocenters. The quantitative estimate of drug-likeness (QED) is 0.426. The minimum atomic E-state index is -0.170. The van der Waals surface area contributed by atoms with Gasteiger partial charge >= 0.3 is 0 Å². The van der Waals surface area contributed by atoms with E-state index in [1.165, 1.54) is 16.7 Å². The fourth-order valence-corrected chi connectivity index (χ4v) is 4.24. The predicted octanol–water partition coefficient (Wildman–Crippen LogP) is 5.53. The van der Waals surface area contributed by atoms with E-state index in [1.54, 1.807) is 24.3 Å². The second kappa shape index (κ2) is 7.47. The SMILES string of the molecule is Cc1cccc(N2C(=O)/C(=C/c3ccc(-c4ccccc4C#N)o3)SC2=S)c1. The number of carbonyl (C=O) groups is 1. The van der Waals surface area contributed by atoms with Crippen LogP contribution in [-0.4, -0.2) is 10.2 Å². The summed E-state index contributed by atoms with van der Waals surface area (Å²) in [6.45, 7) is 1.97. The molecule has 4 rings (SSSR count). The molecule has 0 saturated carbocycles. The summed E-state index contributed by atoms with van der Waals surface area (Å²) in [6, 6.07) is 20.6. The predicted molar refractivity (Wildman–Crippen MR) is 116 cm³/mol. The second-order valence-corrected chi connectivity index (χ2v) is 7.89. The maximum Gasteiger partial charge on any atom is 0.270 e. The van der Waals surface area contributed by atoms with Crippen molar-refractivity contribution in [2.24, 2.45) is 0 Å². The normalized spacial score (nSPS) is 15.3. The third-order valence-electron chi connectivity index (χ3n) is 4.27. The van der Waals surface area contributed by atoms with Crippen molar-refractivity contribution in [3.63, 3.8) is 0 Å². The van der Waals surface area contributed by atoms with E-state index < -0.39 is 0 Å². The number of rotatable bonds is 3. The van der Waals surface area contributed by atoms with Crippen molar-refractivity contribution >= 4 is 46.0 Å². The van der Waals surface area contributed by atoms with Gasteiger partial charge in [-0.1, -0.05) is 48.2 Å². The zero-order valence-electron chi connectivity index (χ0n) is 14.9. The minimum Gasteiger partial charge on any atom is -0.457 e. The van der Waals surface area contributed by atoms with E-state index in [0.717, 1.165) is 16.8 Å². The average Bonchev–Trinajstić information content (AvgIpc) is 3.26. The minimum absolute atomic E-state index is 0.170. The molecule has 1 saturated heterocycles. The lowest BCUT2D eigenvalue weighted by Gasteiger charge is -2.14. The molecule has 136 valence electrons. The van der Waals surface area contributed by atoms with Crippen molar-refractivity contribution in [3.05, 3.63) is 82.5 Å². The number of aryl methyl sites for hydroxylation is 1. The topological polar surface area (TPSA) is 57.2 Å². The fraction of sp³-hybridized carbons (Fsp3) is 0.0455. The van der Waals surface area contributed by atoms with Crippen molar-refractivity contribution in [1.82, 2.24) is 0 Å². The van der Waals surface area contributed by atoms with Gasteiger partial charge in [-0.2, -0.15) is 5.26 Å². The van der Waals surface area contributed by atoms with Crippen molar-refractivity contribution in [2.45, 2.75) is 6.92 Å². The number of carbonyl (C=O) groups excluding carboxylic acids is 1. The Morgan fingerprint density at radius 1 is 1.14 bits per heavy atom. The first-order chi connectivity index (χ1) is 13.6. The maximum atomic E-state index is 12.9. The van der Waals surface area contributed by atoms with Crippen LogP contribution in [-0.2, 0) is 4.79 Å². The van der Waals surface area contributed by atoms with E-state index in [-0.39, 0.29) is 5.91 Å². The number of benzene rings is 2. The Bertz CT molecular complexity index is 1170. The highest BCUT2D eigenvalue weighted by Crippen LogP contribution is 2.37. The monoisotopic (exact) mass is 402 g/mol. The summed E-state index contributed by atoms with van der Waals surface area (Å²) in [5, 5.41) is 9.27. The van der Waals surface area contributed by atoms with Crippen LogP contribution in [0.1, 0.15) is 16.9 Å². The summed E-state index contributed by atoms with van der Waals surface area (Å²) >= 11 is 6.66. The van der Waals surface area contributed by atoms with Gasteiger partial charge in [0, 0.05) is 11.6 Å². The molecule has 0 aliphatic carbocycles. The fourth-order valence-electron chi connectivity index (χ4n) is 2.96. The number of thioether (sulfide) groups is 1. The Morgan fingerprint density at radius 3 is 2.75 bits per heavy atom. The van der Waals surface area contributed by atoms with E-state index in [2.05, 4.69) is 6.07 Å². The zero-order valence-corrected chi connectivity index (χ0v) is 16.5. The molecule has 1 aliphatic heterocycles. The largest absolute Gasteiger partial charge is 0.457 e. The third-order valence-corrected chi connectivity index (χ3v) is 5.57. The highest BCUT2D eigenvalue weighted by molar-refractivity contribution is 8.27. The first kappa shape index (κ1) is 18.2. The number of hydrogen-bond acceptors (Lipinski definition) is 5. The van der Waals surface area contributed by atoms with E-state index in [0.29, 0.717) is 26.3 Å². The Morgan fingerprint density at radius 2 is 1.96 bits per heavy atom. The number of thiocarbonyl (C=S) groups is 1. The van der Waals surface area contributed by atoms with Crippen LogP contribution in [0.5, 0.6) is 0 Å². The van der Waals surface area contributed by atoms with Crippen LogP contribution < -0.4 is 4.90 Å². The molecule has 1 amide bonds. The molecule has 3 aromatic rings. The van der Waals surface area contributed by atoms with Crippen molar-refractivity contribution in [3.8, 4) is 17.4 Å². The molecule has 4 nitrogen and oxygen atoms in total. The molecule has 2 heterocycles.